The fraction of sp³-hybridized carbons (Fsp3) is 0.435. The number of urea groups is 1. The molecule has 2 N–H and O–H groups in total. The summed E-state index contributed by atoms with van der Waals surface area (Å²) in [6.45, 7) is 5.72. The number of nitrogens with two attached hydrogens (primary N) is 1. The van der Waals surface area contributed by atoms with Gasteiger partial charge in [-0.05, 0) is 62.8 Å². The lowest BCUT2D eigenvalue weighted by atomic mass is 10.1. The largest absolute Gasteiger partial charge is 0.455 e. The summed E-state index contributed by atoms with van der Waals surface area (Å²) in [7, 11) is 2.14. The van der Waals surface area contributed by atoms with Crippen molar-refractivity contribution in [3.8, 4) is 11.3 Å². The summed E-state index contributed by atoms with van der Waals surface area (Å²) in [5.41, 5.74) is 7.30. The molecular formula is C23H30N6O3. The van der Waals surface area contributed by atoms with E-state index in [1.54, 1.807) is 18.2 Å². The van der Waals surface area contributed by atoms with Crippen molar-refractivity contribution in [2.24, 2.45) is 5.10 Å². The fourth-order valence-corrected chi connectivity index (χ4v) is 3.87. The van der Waals surface area contributed by atoms with Crippen LogP contribution in [0.4, 0.5) is 10.5 Å². The number of likely N-dealkylation sites (N-methyl/N-ethyl adjacent to an activating group) is 1. The van der Waals surface area contributed by atoms with Gasteiger partial charge in [-0.15, -0.1) is 0 Å². The number of benzene rings is 1. The van der Waals surface area contributed by atoms with Crippen molar-refractivity contribution in [1.82, 2.24) is 19.7 Å². The topological polar surface area (TPSA) is 98.6 Å². The van der Waals surface area contributed by atoms with Gasteiger partial charge in [0.05, 0.1) is 6.21 Å². The van der Waals surface area contributed by atoms with Crippen LogP contribution in [0.2, 0.25) is 0 Å². The van der Waals surface area contributed by atoms with Crippen LogP contribution >= 0.6 is 0 Å². The lowest BCUT2D eigenvalue weighted by molar-refractivity contribution is -0.125. The SMILES string of the molecule is CN1CCN(CCCCN2C(=O)CN(N=Cc3ccc(-c4ccc(N)cc4)o3)C2=O)CC1. The highest BCUT2D eigenvalue weighted by molar-refractivity contribution is 6.02. The molecule has 2 aliphatic rings. The third-order valence-corrected chi connectivity index (χ3v) is 5.89. The second-order valence-electron chi connectivity index (χ2n) is 8.31. The summed E-state index contributed by atoms with van der Waals surface area (Å²) in [6, 6.07) is 10.6. The Kier molecular flexibility index (Phi) is 6.87. The highest BCUT2D eigenvalue weighted by Crippen LogP contribution is 2.22. The first-order valence-corrected chi connectivity index (χ1v) is 11.0. The molecule has 0 bridgehead atoms. The van der Waals surface area contributed by atoms with Crippen molar-refractivity contribution < 1.29 is 14.0 Å². The number of carbonyl (C=O) groups is 2. The molecule has 0 radical (unpaired) electrons. The highest BCUT2D eigenvalue weighted by atomic mass is 16.3. The maximum Gasteiger partial charge on any atom is 0.347 e. The van der Waals surface area contributed by atoms with Crippen LogP contribution in [-0.2, 0) is 4.79 Å². The quantitative estimate of drug-likeness (QED) is 0.294. The van der Waals surface area contributed by atoms with Gasteiger partial charge in [-0.25, -0.2) is 9.80 Å². The van der Waals surface area contributed by atoms with E-state index in [0.29, 0.717) is 23.8 Å². The lowest BCUT2D eigenvalue weighted by Crippen LogP contribution is -2.44. The number of piperazine rings is 1. The number of anilines is 1. The molecule has 2 aliphatic heterocycles. The van der Waals surface area contributed by atoms with Crippen LogP contribution in [0.1, 0.15) is 18.6 Å². The summed E-state index contributed by atoms with van der Waals surface area (Å²) in [6.07, 6.45) is 3.22. The smallest absolute Gasteiger partial charge is 0.347 e. The number of rotatable bonds is 8. The van der Waals surface area contributed by atoms with E-state index >= 15 is 0 Å². The molecule has 2 fully saturated rings. The number of unbranched alkanes of at least 4 members (excludes halogenated alkanes) is 1. The molecule has 1 aromatic carbocycles. The van der Waals surface area contributed by atoms with Crippen molar-refractivity contribution in [3.63, 3.8) is 0 Å². The molecular weight excluding hydrogens is 408 g/mol. The van der Waals surface area contributed by atoms with E-state index in [9.17, 15) is 9.59 Å². The summed E-state index contributed by atoms with van der Waals surface area (Å²) in [5.74, 6) is 0.966. The van der Waals surface area contributed by atoms with Crippen molar-refractivity contribution in [2.45, 2.75) is 12.8 Å². The van der Waals surface area contributed by atoms with Crippen molar-refractivity contribution in [2.75, 3.05) is 58.6 Å². The first-order chi connectivity index (χ1) is 15.5. The van der Waals surface area contributed by atoms with E-state index in [0.717, 1.165) is 51.1 Å². The summed E-state index contributed by atoms with van der Waals surface area (Å²) < 4.78 is 5.77. The molecule has 3 heterocycles. The van der Waals surface area contributed by atoms with E-state index in [-0.39, 0.29) is 18.5 Å². The van der Waals surface area contributed by atoms with E-state index in [2.05, 4.69) is 21.9 Å². The van der Waals surface area contributed by atoms with Crippen LogP contribution in [0.3, 0.4) is 0 Å². The predicted molar refractivity (Wildman–Crippen MR) is 123 cm³/mol. The molecule has 0 spiro atoms. The summed E-state index contributed by atoms with van der Waals surface area (Å²) in [5, 5.41) is 5.36. The molecule has 0 saturated carbocycles. The van der Waals surface area contributed by atoms with Gasteiger partial charge in [0.1, 0.15) is 18.1 Å². The minimum Gasteiger partial charge on any atom is -0.455 e. The van der Waals surface area contributed by atoms with Gasteiger partial charge < -0.3 is 20.0 Å². The zero-order valence-electron chi connectivity index (χ0n) is 18.4. The summed E-state index contributed by atoms with van der Waals surface area (Å²) in [4.78, 5) is 30.9. The van der Waals surface area contributed by atoms with Crippen LogP contribution in [0.25, 0.3) is 11.3 Å². The molecule has 3 amide bonds. The molecule has 4 rings (SSSR count). The Morgan fingerprint density at radius 1 is 1.00 bits per heavy atom. The number of furan rings is 1. The first kappa shape index (κ1) is 22.0. The molecule has 2 saturated heterocycles. The number of hydrogen-bond donors (Lipinski definition) is 1. The van der Waals surface area contributed by atoms with Crippen LogP contribution in [-0.4, -0.2) is 90.7 Å². The number of imide groups is 1. The maximum atomic E-state index is 12.6. The third-order valence-electron chi connectivity index (χ3n) is 5.89. The minimum absolute atomic E-state index is 0.0423. The number of nitrogens with zero attached hydrogens (tertiary/aromatic N) is 5. The normalized spacial score (nSPS) is 18.4. The lowest BCUT2D eigenvalue weighted by Gasteiger charge is -2.32. The Labute approximate surface area is 188 Å². The molecule has 0 unspecified atom stereocenters. The number of hydrogen-bond acceptors (Lipinski definition) is 7. The molecule has 0 aliphatic carbocycles. The Morgan fingerprint density at radius 3 is 2.47 bits per heavy atom. The second kappa shape index (κ2) is 9.97. The predicted octanol–water partition coefficient (Wildman–Crippen LogP) is 2.15. The number of hydrazone groups is 1. The van der Waals surface area contributed by atoms with Crippen LogP contribution in [0.15, 0.2) is 45.9 Å². The van der Waals surface area contributed by atoms with Crippen LogP contribution in [0.5, 0.6) is 0 Å². The molecule has 9 heteroatoms. The van der Waals surface area contributed by atoms with E-state index < -0.39 is 0 Å². The number of carbonyl (C=O) groups excluding carboxylic acids is 2. The molecule has 1 aromatic heterocycles. The third kappa shape index (κ3) is 5.35. The Morgan fingerprint density at radius 2 is 1.72 bits per heavy atom. The van der Waals surface area contributed by atoms with Crippen molar-refractivity contribution in [3.05, 3.63) is 42.2 Å². The van der Waals surface area contributed by atoms with E-state index in [1.807, 2.05) is 18.2 Å². The van der Waals surface area contributed by atoms with Crippen LogP contribution < -0.4 is 5.73 Å². The van der Waals surface area contributed by atoms with Crippen molar-refractivity contribution in [1.29, 1.82) is 0 Å². The molecule has 0 atom stereocenters. The minimum atomic E-state index is -0.379. The maximum absolute atomic E-state index is 12.6. The monoisotopic (exact) mass is 438 g/mol. The Balaban J connectivity index is 1.25. The van der Waals surface area contributed by atoms with Crippen molar-refractivity contribution >= 4 is 23.8 Å². The summed E-state index contributed by atoms with van der Waals surface area (Å²) >= 11 is 0. The number of nitrogen functional groups attached to an aromatic ring is 1. The molecule has 170 valence electrons. The average molecular weight is 439 g/mol. The van der Waals surface area contributed by atoms with E-state index in [1.165, 1.54) is 16.1 Å². The Hall–Kier alpha value is -3.17. The van der Waals surface area contributed by atoms with Gasteiger partial charge in [-0.2, -0.15) is 5.10 Å². The number of amides is 3. The zero-order valence-corrected chi connectivity index (χ0v) is 18.4. The van der Waals surface area contributed by atoms with Gasteiger partial charge in [0.2, 0.25) is 0 Å². The Bertz CT molecular complexity index is 962. The highest BCUT2D eigenvalue weighted by Gasteiger charge is 2.35. The molecule has 9 nitrogen and oxygen atoms in total. The van der Waals surface area contributed by atoms with Gasteiger partial charge in [0.25, 0.3) is 5.91 Å². The van der Waals surface area contributed by atoms with Crippen LogP contribution in [0, 0.1) is 0 Å². The fourth-order valence-electron chi connectivity index (χ4n) is 3.87. The van der Waals surface area contributed by atoms with Gasteiger partial charge in [-0.3, -0.25) is 9.69 Å². The first-order valence-electron chi connectivity index (χ1n) is 11.0. The molecule has 2 aromatic rings. The second-order valence-corrected chi connectivity index (χ2v) is 8.31. The van der Waals surface area contributed by atoms with E-state index in [4.69, 9.17) is 10.2 Å². The van der Waals surface area contributed by atoms with Gasteiger partial charge in [0.15, 0.2) is 0 Å². The van der Waals surface area contributed by atoms with Gasteiger partial charge >= 0.3 is 6.03 Å². The average Bonchev–Trinajstić information content (AvgIpc) is 3.36. The standard InChI is InChI=1S/C23H30N6O3/c1-26-12-14-27(15-13-26)10-2-3-11-28-22(30)17-29(23(28)31)25-16-20-8-9-21(32-20)18-4-6-19(24)7-5-18/h4-9,16H,2-3,10-15,17,24H2,1H3. The van der Waals surface area contributed by atoms with Gasteiger partial charge in [0, 0.05) is 44.0 Å². The molecule has 32 heavy (non-hydrogen) atoms. The van der Waals surface area contributed by atoms with Gasteiger partial charge in [-0.1, -0.05) is 0 Å². The zero-order chi connectivity index (χ0) is 22.5.